The lowest BCUT2D eigenvalue weighted by Crippen LogP contribution is -2.43. The Morgan fingerprint density at radius 3 is 2.19 bits per heavy atom. The molecule has 5 rings (SSSR count). The number of methoxy groups -OCH3 is 4. The van der Waals surface area contributed by atoms with Gasteiger partial charge in [0.1, 0.15) is 0 Å². The van der Waals surface area contributed by atoms with Crippen LogP contribution in [0.4, 0.5) is 0 Å². The molecule has 8 heteroatoms. The molecule has 0 N–H and O–H groups in total. The van der Waals surface area contributed by atoms with E-state index >= 15 is 0 Å². The zero-order chi connectivity index (χ0) is 25.4. The molecular weight excluding hydrogens is 478 g/mol. The second-order valence-corrected chi connectivity index (χ2v) is 10.3. The Bertz CT molecular complexity index is 1330. The molecule has 7 nitrogen and oxygen atoms in total. The number of hydrogen-bond acceptors (Lipinski definition) is 6. The first-order valence-corrected chi connectivity index (χ1v) is 13.0. The van der Waals surface area contributed by atoms with Gasteiger partial charge in [0, 0.05) is 17.0 Å². The lowest BCUT2D eigenvalue weighted by molar-refractivity contribution is -0.134. The van der Waals surface area contributed by atoms with Gasteiger partial charge >= 0.3 is 0 Å². The molecule has 3 aromatic carbocycles. The minimum atomic E-state index is -1.48. The van der Waals surface area contributed by atoms with Crippen LogP contribution in [0.5, 0.6) is 23.0 Å². The van der Waals surface area contributed by atoms with Gasteiger partial charge in [0.15, 0.2) is 23.0 Å². The largest absolute Gasteiger partial charge is 0.493 e. The molecule has 3 atom stereocenters. The van der Waals surface area contributed by atoms with Gasteiger partial charge in [0.2, 0.25) is 5.91 Å². The first kappa shape index (κ1) is 24.2. The number of carbonyl (C=O) groups is 1. The smallest absolute Gasteiger partial charge is 0.227 e. The summed E-state index contributed by atoms with van der Waals surface area (Å²) in [6.45, 7) is 0.502. The van der Waals surface area contributed by atoms with Crippen molar-refractivity contribution in [3.8, 4) is 23.0 Å². The molecule has 3 unspecified atom stereocenters. The molecule has 0 saturated heterocycles. The number of benzene rings is 3. The lowest BCUT2D eigenvalue weighted by Gasteiger charge is -2.40. The van der Waals surface area contributed by atoms with Crippen molar-refractivity contribution in [2.45, 2.75) is 29.0 Å². The van der Waals surface area contributed by atoms with Gasteiger partial charge < -0.3 is 23.8 Å². The molecule has 0 spiro atoms. The molecule has 2 heterocycles. The monoisotopic (exact) mass is 507 g/mol. The standard InChI is InChI=1S/C28H29NO6S/c1-32-22-11-10-19-21(27(22)35-4)16-25(30)29-13-12-17-14-23(33-2)24(34-3)15-20(17)28(26(19)29)36(31)18-8-6-5-7-9-18/h5-11,14-15,26,28H,12-13,16H2,1-4H3. The van der Waals surface area contributed by atoms with Crippen molar-refractivity contribution in [1.82, 2.24) is 4.90 Å². The predicted octanol–water partition coefficient (Wildman–Crippen LogP) is 4.25. The van der Waals surface area contributed by atoms with E-state index in [1.165, 1.54) is 0 Å². The van der Waals surface area contributed by atoms with Gasteiger partial charge in [-0.25, -0.2) is 0 Å². The molecule has 2 aliphatic rings. The molecule has 0 aliphatic carbocycles. The zero-order valence-corrected chi connectivity index (χ0v) is 21.6. The summed E-state index contributed by atoms with van der Waals surface area (Å²) in [6.07, 6.45) is 0.808. The normalized spacial score (nSPS) is 19.3. The summed E-state index contributed by atoms with van der Waals surface area (Å²) in [4.78, 5) is 16.2. The van der Waals surface area contributed by atoms with Crippen LogP contribution in [0.1, 0.15) is 33.5 Å². The van der Waals surface area contributed by atoms with Crippen molar-refractivity contribution >= 4 is 16.7 Å². The van der Waals surface area contributed by atoms with E-state index in [0.29, 0.717) is 40.9 Å². The number of carbonyl (C=O) groups excluding carboxylic acids is 1. The highest BCUT2D eigenvalue weighted by atomic mass is 32.2. The highest BCUT2D eigenvalue weighted by molar-refractivity contribution is 7.85. The maximum Gasteiger partial charge on any atom is 0.227 e. The van der Waals surface area contributed by atoms with E-state index in [1.807, 2.05) is 59.5 Å². The number of ether oxygens (including phenoxy) is 4. The average molecular weight is 508 g/mol. The molecule has 3 aromatic rings. The van der Waals surface area contributed by atoms with Crippen molar-refractivity contribution in [2.24, 2.45) is 0 Å². The molecule has 1 amide bonds. The maximum atomic E-state index is 14.4. The first-order chi connectivity index (χ1) is 17.5. The summed E-state index contributed by atoms with van der Waals surface area (Å²) < 4.78 is 36.8. The SMILES string of the molecule is COc1cc2c(cc1OC)C(S(=O)c1ccccc1)C1c3ccc(OC)c(OC)c3CC(=O)N1CC2. The number of rotatable bonds is 6. The minimum absolute atomic E-state index is 0.0270. The predicted molar refractivity (Wildman–Crippen MR) is 137 cm³/mol. The molecule has 0 radical (unpaired) electrons. The fourth-order valence-corrected chi connectivity index (χ4v) is 7.09. The fraction of sp³-hybridized carbons (Fsp3) is 0.321. The number of nitrogens with zero attached hydrogens (tertiary/aromatic N) is 1. The van der Waals surface area contributed by atoms with Crippen LogP contribution in [-0.4, -0.2) is 50.0 Å². The second-order valence-electron chi connectivity index (χ2n) is 8.76. The zero-order valence-electron chi connectivity index (χ0n) is 20.8. The van der Waals surface area contributed by atoms with Crippen molar-refractivity contribution in [2.75, 3.05) is 35.0 Å². The maximum absolute atomic E-state index is 14.4. The Kier molecular flexibility index (Phi) is 6.62. The fourth-order valence-electron chi connectivity index (χ4n) is 5.39. The Morgan fingerprint density at radius 2 is 1.53 bits per heavy atom. The van der Waals surface area contributed by atoms with E-state index in [1.54, 1.807) is 28.4 Å². The first-order valence-electron chi connectivity index (χ1n) is 11.8. The van der Waals surface area contributed by atoms with Crippen LogP contribution < -0.4 is 18.9 Å². The van der Waals surface area contributed by atoms with Crippen LogP contribution in [0, 0.1) is 0 Å². The van der Waals surface area contributed by atoms with Gasteiger partial charge in [-0.15, -0.1) is 0 Å². The van der Waals surface area contributed by atoms with Crippen molar-refractivity contribution < 1.29 is 28.0 Å². The number of fused-ring (bicyclic) bond motifs is 4. The van der Waals surface area contributed by atoms with Crippen molar-refractivity contribution in [1.29, 1.82) is 0 Å². The summed E-state index contributed by atoms with van der Waals surface area (Å²) in [6, 6.07) is 16.6. The highest BCUT2D eigenvalue weighted by Gasteiger charge is 2.45. The third-order valence-corrected chi connectivity index (χ3v) is 8.76. The van der Waals surface area contributed by atoms with Crippen LogP contribution in [0.25, 0.3) is 0 Å². The van der Waals surface area contributed by atoms with Crippen LogP contribution in [0.3, 0.4) is 0 Å². The molecule has 0 saturated carbocycles. The van der Waals surface area contributed by atoms with Crippen molar-refractivity contribution in [3.63, 3.8) is 0 Å². The number of amides is 1. The van der Waals surface area contributed by atoms with E-state index in [9.17, 15) is 9.00 Å². The quantitative estimate of drug-likeness (QED) is 0.497. The Hall–Kier alpha value is -3.52. The topological polar surface area (TPSA) is 74.3 Å². The van der Waals surface area contributed by atoms with Gasteiger partial charge in [-0.3, -0.25) is 9.00 Å². The Balaban J connectivity index is 1.79. The Labute approximate surface area is 213 Å². The van der Waals surface area contributed by atoms with Crippen molar-refractivity contribution in [3.05, 3.63) is 76.9 Å². The van der Waals surface area contributed by atoms with E-state index in [2.05, 4.69) is 0 Å². The summed E-state index contributed by atoms with van der Waals surface area (Å²) >= 11 is 0. The van der Waals surface area contributed by atoms with E-state index in [4.69, 9.17) is 18.9 Å². The third kappa shape index (κ3) is 3.89. The van der Waals surface area contributed by atoms with Crippen LogP contribution in [-0.2, 0) is 28.4 Å². The minimum Gasteiger partial charge on any atom is -0.493 e. The average Bonchev–Trinajstić information content (AvgIpc) is 3.08. The van der Waals surface area contributed by atoms with Gasteiger partial charge in [0.25, 0.3) is 0 Å². The molecule has 2 aliphatic heterocycles. The third-order valence-electron chi connectivity index (χ3n) is 7.05. The van der Waals surface area contributed by atoms with E-state index in [-0.39, 0.29) is 12.3 Å². The molecule has 36 heavy (non-hydrogen) atoms. The van der Waals surface area contributed by atoms with E-state index < -0.39 is 22.1 Å². The molecule has 0 aromatic heterocycles. The van der Waals surface area contributed by atoms with E-state index in [0.717, 1.165) is 22.3 Å². The summed E-state index contributed by atoms with van der Waals surface area (Å²) in [5.41, 5.74) is 3.58. The summed E-state index contributed by atoms with van der Waals surface area (Å²) in [7, 11) is 4.87. The van der Waals surface area contributed by atoms with Crippen LogP contribution in [0.15, 0.2) is 59.5 Å². The lowest BCUT2D eigenvalue weighted by atomic mass is 9.87. The van der Waals surface area contributed by atoms with Gasteiger partial charge in [-0.1, -0.05) is 24.3 Å². The van der Waals surface area contributed by atoms with Gasteiger partial charge in [-0.05, 0) is 53.4 Å². The van der Waals surface area contributed by atoms with Crippen LogP contribution >= 0.6 is 0 Å². The molecule has 188 valence electrons. The highest BCUT2D eigenvalue weighted by Crippen LogP contribution is 2.51. The summed E-state index contributed by atoms with van der Waals surface area (Å²) in [5, 5.41) is -0.536. The van der Waals surface area contributed by atoms with Gasteiger partial charge in [0.05, 0.1) is 57.0 Å². The van der Waals surface area contributed by atoms with Crippen LogP contribution in [0.2, 0.25) is 0 Å². The molecule has 0 fully saturated rings. The molecular formula is C28H29NO6S. The van der Waals surface area contributed by atoms with Gasteiger partial charge in [-0.2, -0.15) is 0 Å². The summed E-state index contributed by atoms with van der Waals surface area (Å²) in [5.74, 6) is 2.26. The Morgan fingerprint density at radius 1 is 0.833 bits per heavy atom. The molecule has 0 bridgehead atoms. The second kappa shape index (κ2) is 9.85. The number of hydrogen-bond donors (Lipinski definition) is 0.